The Balaban J connectivity index is 0.00000196. The second-order valence-corrected chi connectivity index (χ2v) is 2.55. The summed E-state index contributed by atoms with van der Waals surface area (Å²) in [6, 6.07) is 6.70. The molecule has 0 atom stereocenters. The number of aromatic hydroxyl groups is 1. The van der Waals surface area contributed by atoms with E-state index in [1.165, 1.54) is 6.21 Å². The monoisotopic (exact) mass is 299 g/mol. The molecule has 0 fully saturated rings. The van der Waals surface area contributed by atoms with Crippen LogP contribution in [0.2, 0.25) is 0 Å². The minimum Gasteiger partial charge on any atom is -0.507 e. The van der Waals surface area contributed by atoms with Gasteiger partial charge in [0.1, 0.15) is 18.2 Å². The van der Waals surface area contributed by atoms with Crippen molar-refractivity contribution in [2.75, 3.05) is 6.61 Å². The fraction of sp³-hybridized carbons (Fsp3) is 0.111. The van der Waals surface area contributed by atoms with Crippen molar-refractivity contribution in [1.82, 2.24) is 0 Å². The third-order valence-electron chi connectivity index (χ3n) is 1.48. The minimum absolute atomic E-state index is 0. The van der Waals surface area contributed by atoms with Crippen molar-refractivity contribution in [3.8, 4) is 5.75 Å². The van der Waals surface area contributed by atoms with Crippen LogP contribution in [-0.4, -0.2) is 28.9 Å². The van der Waals surface area contributed by atoms with Crippen LogP contribution in [0.3, 0.4) is 0 Å². The summed E-state index contributed by atoms with van der Waals surface area (Å²) in [6.07, 6.45) is 1.36. The van der Waals surface area contributed by atoms with Crippen LogP contribution in [0.4, 0.5) is 0 Å². The maximum Gasteiger partial charge on any atom is 0.148 e. The number of phenols is 1. The number of nitrogens with two attached hydrogens (primary N) is 1. The Morgan fingerprint density at radius 2 is 2.07 bits per heavy atom. The van der Waals surface area contributed by atoms with Gasteiger partial charge in [0, 0.05) is 26.0 Å². The largest absolute Gasteiger partial charge is 0.507 e. The van der Waals surface area contributed by atoms with Gasteiger partial charge < -0.3 is 15.9 Å². The molecule has 15 heavy (non-hydrogen) atoms. The summed E-state index contributed by atoms with van der Waals surface area (Å²) in [4.78, 5) is 0. The number of amidine groups is 1. The number of hydrogen-bond acceptors (Lipinski definition) is 4. The Morgan fingerprint density at radius 3 is 2.67 bits per heavy atom. The normalized spacial score (nSPS) is 11.4. The fourth-order valence-electron chi connectivity index (χ4n) is 0.794. The molecule has 0 saturated carbocycles. The average molecular weight is 300 g/mol. The second kappa shape index (κ2) is 7.12. The second-order valence-electron chi connectivity index (χ2n) is 2.55. The summed E-state index contributed by atoms with van der Waals surface area (Å²) in [5.41, 5.74) is 5.74. The Bertz CT molecular complexity index is 366. The zero-order valence-electron chi connectivity index (χ0n) is 7.78. The molecule has 0 unspecified atom stereocenters. The number of hydrogen-bond donors (Lipinski definition) is 3. The van der Waals surface area contributed by atoms with Gasteiger partial charge in [-0.3, -0.25) is 0 Å². The van der Waals surface area contributed by atoms with Crippen LogP contribution >= 0.6 is 0 Å². The van der Waals surface area contributed by atoms with E-state index in [2.05, 4.69) is 10.2 Å². The van der Waals surface area contributed by atoms with Crippen molar-refractivity contribution >= 4 is 12.1 Å². The number of aliphatic hydroxyl groups is 1. The first-order chi connectivity index (χ1) is 6.74. The van der Waals surface area contributed by atoms with Crippen LogP contribution in [-0.2, 0) is 20.4 Å². The number of phenolic OH excluding ortho intramolecular Hbond substituents is 1. The van der Waals surface area contributed by atoms with Crippen molar-refractivity contribution in [2.45, 2.75) is 0 Å². The maximum absolute atomic E-state index is 9.31. The number of rotatable bonds is 3. The molecule has 84 valence electrons. The van der Waals surface area contributed by atoms with Gasteiger partial charge in [0.25, 0.3) is 0 Å². The summed E-state index contributed by atoms with van der Waals surface area (Å²) in [5.74, 6) is 0.144. The molecule has 1 rings (SSSR count). The van der Waals surface area contributed by atoms with E-state index in [0.29, 0.717) is 5.56 Å². The Morgan fingerprint density at radius 1 is 1.40 bits per heavy atom. The van der Waals surface area contributed by atoms with Crippen LogP contribution < -0.4 is 5.73 Å². The molecule has 1 aromatic carbocycles. The Kier molecular flexibility index (Phi) is 6.55. The first-order valence-corrected chi connectivity index (χ1v) is 3.98. The SMILES string of the molecule is N/C(CO)=N/N=C/c1ccccc1O.[Pd]. The van der Waals surface area contributed by atoms with Gasteiger partial charge in [-0.05, 0) is 12.1 Å². The molecular weight excluding hydrogens is 289 g/mol. The maximum atomic E-state index is 9.31. The molecule has 0 spiro atoms. The van der Waals surface area contributed by atoms with Gasteiger partial charge in [0.15, 0.2) is 0 Å². The molecule has 0 saturated heterocycles. The fourth-order valence-corrected chi connectivity index (χ4v) is 0.794. The quantitative estimate of drug-likeness (QED) is 0.319. The van der Waals surface area contributed by atoms with E-state index < -0.39 is 0 Å². The van der Waals surface area contributed by atoms with Crippen LogP contribution in [0, 0.1) is 0 Å². The molecule has 4 N–H and O–H groups in total. The van der Waals surface area contributed by atoms with E-state index in [4.69, 9.17) is 10.8 Å². The van der Waals surface area contributed by atoms with Gasteiger partial charge in [-0.15, -0.1) is 5.10 Å². The molecule has 0 radical (unpaired) electrons. The van der Waals surface area contributed by atoms with Gasteiger partial charge in [-0.2, -0.15) is 5.10 Å². The predicted molar refractivity (Wildman–Crippen MR) is 54.4 cm³/mol. The minimum atomic E-state index is -0.335. The number of benzene rings is 1. The predicted octanol–water partition coefficient (Wildman–Crippen LogP) is 0.0731. The molecule has 1 aromatic rings. The van der Waals surface area contributed by atoms with Crippen LogP contribution in [0.5, 0.6) is 5.75 Å². The van der Waals surface area contributed by atoms with E-state index in [-0.39, 0.29) is 38.6 Å². The van der Waals surface area contributed by atoms with Crippen molar-refractivity contribution in [3.63, 3.8) is 0 Å². The molecule has 6 heteroatoms. The zero-order valence-corrected chi connectivity index (χ0v) is 9.33. The van der Waals surface area contributed by atoms with Crippen molar-refractivity contribution in [2.24, 2.45) is 15.9 Å². The number of nitrogens with zero attached hydrogens (tertiary/aromatic N) is 2. The molecule has 0 heterocycles. The van der Waals surface area contributed by atoms with Crippen molar-refractivity contribution < 1.29 is 30.6 Å². The van der Waals surface area contributed by atoms with Gasteiger partial charge in [-0.25, -0.2) is 0 Å². The number of para-hydroxylation sites is 1. The topological polar surface area (TPSA) is 91.2 Å². The summed E-state index contributed by atoms with van der Waals surface area (Å²) in [7, 11) is 0. The van der Waals surface area contributed by atoms with Crippen LogP contribution in [0.15, 0.2) is 34.5 Å². The molecule has 0 amide bonds. The van der Waals surface area contributed by atoms with Crippen molar-refractivity contribution in [1.29, 1.82) is 0 Å². The van der Waals surface area contributed by atoms with Gasteiger partial charge >= 0.3 is 0 Å². The van der Waals surface area contributed by atoms with E-state index >= 15 is 0 Å². The van der Waals surface area contributed by atoms with E-state index in [1.807, 2.05) is 0 Å². The molecule has 0 aromatic heterocycles. The van der Waals surface area contributed by atoms with E-state index in [9.17, 15) is 5.11 Å². The van der Waals surface area contributed by atoms with Gasteiger partial charge in [-0.1, -0.05) is 12.1 Å². The third-order valence-corrected chi connectivity index (χ3v) is 1.48. The molecule has 5 nitrogen and oxygen atoms in total. The van der Waals surface area contributed by atoms with Crippen LogP contribution in [0.1, 0.15) is 5.56 Å². The smallest absolute Gasteiger partial charge is 0.148 e. The summed E-state index contributed by atoms with van der Waals surface area (Å²) < 4.78 is 0. The Labute approximate surface area is 101 Å². The summed E-state index contributed by atoms with van der Waals surface area (Å²) >= 11 is 0. The van der Waals surface area contributed by atoms with Gasteiger partial charge in [0.05, 0.1) is 6.21 Å². The Hall–Kier alpha value is -1.22. The average Bonchev–Trinajstić information content (AvgIpc) is 2.20. The van der Waals surface area contributed by atoms with E-state index in [0.717, 1.165) is 0 Å². The first-order valence-electron chi connectivity index (χ1n) is 3.98. The van der Waals surface area contributed by atoms with Crippen molar-refractivity contribution in [3.05, 3.63) is 29.8 Å². The molecule has 0 aliphatic heterocycles. The molecule has 0 aliphatic rings. The summed E-state index contributed by atoms with van der Waals surface area (Å²) in [5, 5.41) is 24.9. The molecule has 0 aliphatic carbocycles. The van der Waals surface area contributed by atoms with E-state index in [1.54, 1.807) is 24.3 Å². The molecule has 0 bridgehead atoms. The third kappa shape index (κ3) is 4.70. The molecular formula is C9H11N3O2Pd. The summed E-state index contributed by atoms with van der Waals surface area (Å²) in [6.45, 7) is -0.335. The van der Waals surface area contributed by atoms with Gasteiger partial charge in [0.2, 0.25) is 0 Å². The first kappa shape index (κ1) is 13.8. The standard InChI is InChI=1S/C9H11N3O2.Pd/c10-9(6-13)12-11-5-7-3-1-2-4-8(7)14;/h1-5,13-14H,6H2,(H2,10,12);/b11-5+;. The zero-order chi connectivity index (χ0) is 10.4. The number of aliphatic hydroxyl groups excluding tert-OH is 1. The van der Waals surface area contributed by atoms with Crippen LogP contribution in [0.25, 0.3) is 0 Å².